The number of hydrogen-bond donors (Lipinski definition) is 1. The number of nitrogens with zero attached hydrogens (tertiary/aromatic N) is 2. The van der Waals surface area contributed by atoms with Crippen LogP contribution in [0.15, 0.2) is 53.0 Å². The summed E-state index contributed by atoms with van der Waals surface area (Å²) in [6.07, 6.45) is 0. The van der Waals surface area contributed by atoms with Gasteiger partial charge in [-0.15, -0.1) is 0 Å². The molecule has 26 heavy (non-hydrogen) atoms. The predicted molar refractivity (Wildman–Crippen MR) is 107 cm³/mol. The Balaban J connectivity index is 1.73. The molecule has 3 rings (SSSR count). The number of carbonyl (C=O) groups excluding carboxylic acids is 2. The summed E-state index contributed by atoms with van der Waals surface area (Å²) < 4.78 is 0.800. The van der Waals surface area contributed by atoms with Gasteiger partial charge in [-0.2, -0.15) is 0 Å². The van der Waals surface area contributed by atoms with Crippen LogP contribution in [0.3, 0.4) is 0 Å². The number of piperazine rings is 1. The Bertz CT molecular complexity index is 787. The van der Waals surface area contributed by atoms with E-state index >= 15 is 0 Å². The molecule has 0 radical (unpaired) electrons. The molecule has 0 spiro atoms. The molecule has 0 aliphatic carbocycles. The van der Waals surface area contributed by atoms with Crippen LogP contribution in [0, 0.1) is 0 Å². The number of rotatable bonds is 5. The molecule has 1 saturated heterocycles. The first-order valence-corrected chi connectivity index (χ1v) is 9.42. The molecule has 2 aromatic rings. The molecular formula is C20H22BrN3O2. The molecular weight excluding hydrogens is 394 g/mol. The summed E-state index contributed by atoms with van der Waals surface area (Å²) in [6, 6.07) is 14.4. The lowest BCUT2D eigenvalue weighted by Crippen LogP contribution is -2.47. The topological polar surface area (TPSA) is 52.6 Å². The van der Waals surface area contributed by atoms with Gasteiger partial charge in [-0.05, 0) is 25.2 Å². The van der Waals surface area contributed by atoms with E-state index < -0.39 is 0 Å². The van der Waals surface area contributed by atoms with Crippen molar-refractivity contribution in [3.8, 4) is 0 Å². The van der Waals surface area contributed by atoms with E-state index in [-0.39, 0.29) is 11.7 Å². The number of carbonyl (C=O) groups is 2. The summed E-state index contributed by atoms with van der Waals surface area (Å²) in [7, 11) is 2.08. The van der Waals surface area contributed by atoms with Gasteiger partial charge in [0.05, 0.1) is 12.2 Å². The highest BCUT2D eigenvalue weighted by Crippen LogP contribution is 2.24. The van der Waals surface area contributed by atoms with Gasteiger partial charge in [0.15, 0.2) is 5.78 Å². The Kier molecular flexibility index (Phi) is 6.19. The van der Waals surface area contributed by atoms with Gasteiger partial charge in [0, 0.05) is 41.8 Å². The molecule has 1 amide bonds. The Morgan fingerprint density at radius 3 is 2.42 bits per heavy atom. The minimum atomic E-state index is -0.109. The first-order chi connectivity index (χ1) is 12.5. The van der Waals surface area contributed by atoms with Crippen molar-refractivity contribution < 1.29 is 9.59 Å². The molecule has 1 heterocycles. The largest absolute Gasteiger partial charge is 0.324 e. The van der Waals surface area contributed by atoms with E-state index in [0.29, 0.717) is 23.4 Å². The third-order valence-electron chi connectivity index (χ3n) is 4.50. The standard InChI is InChI=1S/C20H22BrN3O2/c1-23-9-11-24(12-10-23)14-19(25)22-18-8-7-16(21)13-17(18)20(26)15-5-3-2-4-6-15/h2-8,13H,9-12,14H2,1H3,(H,22,25). The van der Waals surface area contributed by atoms with E-state index in [2.05, 4.69) is 38.1 Å². The summed E-state index contributed by atoms with van der Waals surface area (Å²) in [5.41, 5.74) is 1.62. The smallest absolute Gasteiger partial charge is 0.238 e. The van der Waals surface area contributed by atoms with Crippen molar-refractivity contribution in [2.75, 3.05) is 45.1 Å². The van der Waals surface area contributed by atoms with Crippen molar-refractivity contribution in [3.63, 3.8) is 0 Å². The van der Waals surface area contributed by atoms with Crippen molar-refractivity contribution in [1.29, 1.82) is 0 Å². The molecule has 136 valence electrons. The second-order valence-electron chi connectivity index (χ2n) is 6.51. The van der Waals surface area contributed by atoms with Crippen LogP contribution in [0.1, 0.15) is 15.9 Å². The van der Waals surface area contributed by atoms with Crippen LogP contribution in [0.2, 0.25) is 0 Å². The highest BCUT2D eigenvalue weighted by molar-refractivity contribution is 9.10. The Hall–Kier alpha value is -2.02. The third kappa shape index (κ3) is 4.78. The van der Waals surface area contributed by atoms with Crippen molar-refractivity contribution >= 4 is 33.3 Å². The average molecular weight is 416 g/mol. The highest BCUT2D eigenvalue weighted by Gasteiger charge is 2.19. The zero-order valence-corrected chi connectivity index (χ0v) is 16.3. The molecule has 1 aliphatic heterocycles. The zero-order chi connectivity index (χ0) is 18.5. The molecule has 0 unspecified atom stereocenters. The number of nitrogens with one attached hydrogen (secondary N) is 1. The van der Waals surface area contributed by atoms with Gasteiger partial charge in [0.1, 0.15) is 0 Å². The minimum Gasteiger partial charge on any atom is -0.324 e. The molecule has 1 fully saturated rings. The number of benzene rings is 2. The molecule has 6 heteroatoms. The molecule has 1 N–H and O–H groups in total. The lowest BCUT2D eigenvalue weighted by molar-refractivity contribution is -0.117. The van der Waals surface area contributed by atoms with E-state index in [1.165, 1.54) is 0 Å². The molecule has 5 nitrogen and oxygen atoms in total. The summed E-state index contributed by atoms with van der Waals surface area (Å²) in [6.45, 7) is 4.01. The molecule has 0 aromatic heterocycles. The van der Waals surface area contributed by atoms with E-state index in [4.69, 9.17) is 0 Å². The number of amides is 1. The molecule has 2 aromatic carbocycles. The number of ketones is 1. The van der Waals surface area contributed by atoms with Crippen LogP contribution in [-0.2, 0) is 4.79 Å². The van der Waals surface area contributed by atoms with Gasteiger partial charge in [-0.1, -0.05) is 46.3 Å². The van der Waals surface area contributed by atoms with E-state index in [1.54, 1.807) is 24.3 Å². The summed E-state index contributed by atoms with van der Waals surface area (Å²) in [5, 5.41) is 2.91. The zero-order valence-electron chi connectivity index (χ0n) is 14.7. The molecule has 0 atom stereocenters. The average Bonchev–Trinajstić information content (AvgIpc) is 2.65. The second kappa shape index (κ2) is 8.58. The molecule has 1 aliphatic rings. The number of anilines is 1. The maximum atomic E-state index is 12.8. The van der Waals surface area contributed by atoms with Gasteiger partial charge in [0.25, 0.3) is 0 Å². The van der Waals surface area contributed by atoms with Crippen LogP contribution in [0.5, 0.6) is 0 Å². The number of hydrogen-bond acceptors (Lipinski definition) is 4. The van der Waals surface area contributed by atoms with E-state index in [9.17, 15) is 9.59 Å². The van der Waals surface area contributed by atoms with E-state index in [0.717, 1.165) is 30.7 Å². The fourth-order valence-corrected chi connectivity index (χ4v) is 3.32. The predicted octanol–water partition coefficient (Wildman–Crippen LogP) is 2.87. The third-order valence-corrected chi connectivity index (χ3v) is 4.99. The summed E-state index contributed by atoms with van der Waals surface area (Å²) in [5.74, 6) is -0.208. The SMILES string of the molecule is CN1CCN(CC(=O)Nc2ccc(Br)cc2C(=O)c2ccccc2)CC1. The maximum Gasteiger partial charge on any atom is 0.238 e. The van der Waals surface area contributed by atoms with Crippen molar-refractivity contribution in [2.24, 2.45) is 0 Å². The van der Waals surface area contributed by atoms with Crippen LogP contribution in [0.4, 0.5) is 5.69 Å². The quantitative estimate of drug-likeness (QED) is 0.762. The monoisotopic (exact) mass is 415 g/mol. The fraction of sp³-hybridized carbons (Fsp3) is 0.300. The van der Waals surface area contributed by atoms with Crippen molar-refractivity contribution in [1.82, 2.24) is 9.80 Å². The summed E-state index contributed by atoms with van der Waals surface area (Å²) in [4.78, 5) is 29.7. The van der Waals surface area contributed by atoms with Gasteiger partial charge in [-0.25, -0.2) is 0 Å². The van der Waals surface area contributed by atoms with Crippen LogP contribution >= 0.6 is 15.9 Å². The molecule has 0 bridgehead atoms. The molecule has 0 saturated carbocycles. The first-order valence-electron chi connectivity index (χ1n) is 8.63. The second-order valence-corrected chi connectivity index (χ2v) is 7.43. The van der Waals surface area contributed by atoms with Gasteiger partial charge in [0.2, 0.25) is 5.91 Å². The highest BCUT2D eigenvalue weighted by atomic mass is 79.9. The van der Waals surface area contributed by atoms with Gasteiger partial charge < -0.3 is 10.2 Å². The fourth-order valence-electron chi connectivity index (χ4n) is 2.96. The number of likely N-dealkylation sites (N-methyl/N-ethyl adjacent to an activating group) is 1. The minimum absolute atomic E-state index is 0.0982. The Morgan fingerprint density at radius 1 is 1.04 bits per heavy atom. The first kappa shape index (κ1) is 18.8. The van der Waals surface area contributed by atoms with Gasteiger partial charge >= 0.3 is 0 Å². The Morgan fingerprint density at radius 2 is 1.73 bits per heavy atom. The normalized spacial score (nSPS) is 15.6. The maximum absolute atomic E-state index is 12.8. The van der Waals surface area contributed by atoms with Crippen molar-refractivity contribution in [2.45, 2.75) is 0 Å². The van der Waals surface area contributed by atoms with Crippen LogP contribution in [-0.4, -0.2) is 61.3 Å². The Labute approximate surface area is 162 Å². The van der Waals surface area contributed by atoms with Gasteiger partial charge in [-0.3, -0.25) is 14.5 Å². The summed E-state index contributed by atoms with van der Waals surface area (Å²) >= 11 is 3.41. The lowest BCUT2D eigenvalue weighted by atomic mass is 10.0. The van der Waals surface area contributed by atoms with Crippen LogP contribution < -0.4 is 5.32 Å². The number of halogens is 1. The van der Waals surface area contributed by atoms with Crippen LogP contribution in [0.25, 0.3) is 0 Å². The van der Waals surface area contributed by atoms with E-state index in [1.807, 2.05) is 24.3 Å². The lowest BCUT2D eigenvalue weighted by Gasteiger charge is -2.31. The van der Waals surface area contributed by atoms with Crippen molar-refractivity contribution in [3.05, 3.63) is 64.1 Å².